The van der Waals surface area contributed by atoms with E-state index in [2.05, 4.69) is 4.98 Å². The molecule has 1 fully saturated rings. The highest BCUT2D eigenvalue weighted by Crippen LogP contribution is 2.34. The molecule has 0 aliphatic carbocycles. The smallest absolute Gasteiger partial charge is 0.414 e. The quantitative estimate of drug-likeness (QED) is 0.752. The minimum Gasteiger partial charge on any atom is -0.444 e. The van der Waals surface area contributed by atoms with E-state index in [1.54, 1.807) is 18.5 Å². The van der Waals surface area contributed by atoms with Crippen molar-refractivity contribution in [2.24, 2.45) is 7.05 Å². The average Bonchev–Trinajstić information content (AvgIpc) is 3.03. The highest BCUT2D eigenvalue weighted by molar-refractivity contribution is 7.89. The number of rotatable bonds is 3. The van der Waals surface area contributed by atoms with Gasteiger partial charge in [-0.3, -0.25) is 4.90 Å². The van der Waals surface area contributed by atoms with Gasteiger partial charge in [-0.15, -0.1) is 0 Å². The first-order valence-corrected chi connectivity index (χ1v) is 10.6. The zero-order valence-electron chi connectivity index (χ0n) is 15.9. The number of sulfonamides is 1. The highest BCUT2D eigenvalue weighted by atomic mass is 32.2. The first-order valence-electron chi connectivity index (χ1n) is 9.12. The van der Waals surface area contributed by atoms with Gasteiger partial charge in [-0.05, 0) is 25.8 Å². The number of carbonyl (C=O) groups is 1. The second kappa shape index (κ2) is 7.06. The van der Waals surface area contributed by atoms with Gasteiger partial charge in [-0.1, -0.05) is 0 Å². The molecule has 2 aromatic rings. The molecule has 1 aromatic heterocycles. The van der Waals surface area contributed by atoms with Crippen molar-refractivity contribution in [3.63, 3.8) is 0 Å². The van der Waals surface area contributed by atoms with Crippen molar-refractivity contribution < 1.29 is 26.7 Å². The summed E-state index contributed by atoms with van der Waals surface area (Å²) in [5.74, 6) is -1.47. The molecule has 0 saturated carbocycles. The van der Waals surface area contributed by atoms with Crippen LogP contribution in [0.15, 0.2) is 23.4 Å². The summed E-state index contributed by atoms with van der Waals surface area (Å²) in [5.41, 5.74) is 0.643. The molecular formula is C18H20F2N4O4S. The largest absolute Gasteiger partial charge is 0.444 e. The number of hydrogen-bond acceptors (Lipinski definition) is 5. The number of anilines is 1. The van der Waals surface area contributed by atoms with Gasteiger partial charge in [0.1, 0.15) is 12.4 Å². The van der Waals surface area contributed by atoms with Gasteiger partial charge in [-0.25, -0.2) is 27.0 Å². The maximum atomic E-state index is 13.8. The van der Waals surface area contributed by atoms with E-state index in [4.69, 9.17) is 4.74 Å². The zero-order valence-corrected chi connectivity index (χ0v) is 16.7. The number of imidazole rings is 1. The Morgan fingerprint density at radius 3 is 2.45 bits per heavy atom. The molecule has 1 saturated heterocycles. The Hall–Kier alpha value is -2.53. The van der Waals surface area contributed by atoms with Crippen LogP contribution in [0.4, 0.5) is 19.3 Å². The third-order valence-corrected chi connectivity index (χ3v) is 7.18. The summed E-state index contributed by atoms with van der Waals surface area (Å²) in [6.07, 6.45) is 1.48. The predicted molar refractivity (Wildman–Crippen MR) is 98.7 cm³/mol. The number of nitrogens with zero attached hydrogens (tertiary/aromatic N) is 4. The van der Waals surface area contributed by atoms with Crippen molar-refractivity contribution in [1.29, 1.82) is 0 Å². The Morgan fingerprint density at radius 2 is 1.83 bits per heavy atom. The van der Waals surface area contributed by atoms with Crippen LogP contribution in [-0.4, -0.2) is 47.5 Å². The fourth-order valence-electron chi connectivity index (χ4n) is 3.69. The van der Waals surface area contributed by atoms with E-state index in [0.717, 1.165) is 12.1 Å². The fraction of sp³-hybridized carbons (Fsp3) is 0.444. The van der Waals surface area contributed by atoms with Crippen LogP contribution in [0.3, 0.4) is 0 Å². The number of fused-ring (bicyclic) bond motifs is 1. The predicted octanol–water partition coefficient (Wildman–Crippen LogP) is 2.32. The summed E-state index contributed by atoms with van der Waals surface area (Å²) in [7, 11) is -2.03. The van der Waals surface area contributed by atoms with E-state index >= 15 is 0 Å². The monoisotopic (exact) mass is 426 g/mol. The zero-order chi connectivity index (χ0) is 20.9. The molecule has 0 bridgehead atoms. The summed E-state index contributed by atoms with van der Waals surface area (Å²) in [6.45, 7) is 1.93. The van der Waals surface area contributed by atoms with Gasteiger partial charge < -0.3 is 9.30 Å². The van der Waals surface area contributed by atoms with E-state index in [0.29, 0.717) is 24.2 Å². The number of aromatic nitrogens is 2. The fourth-order valence-corrected chi connectivity index (χ4v) is 5.19. The number of cyclic esters (lactones) is 1. The van der Waals surface area contributed by atoms with Crippen molar-refractivity contribution in [2.45, 2.75) is 37.4 Å². The van der Waals surface area contributed by atoms with Gasteiger partial charge in [0.15, 0.2) is 16.7 Å². The summed E-state index contributed by atoms with van der Waals surface area (Å²) < 4.78 is 61.0. The first-order chi connectivity index (χ1) is 13.7. The number of piperidine rings is 1. The molecule has 2 aliphatic heterocycles. The lowest BCUT2D eigenvalue weighted by molar-refractivity contribution is 0.135. The molecule has 1 aromatic carbocycles. The molecule has 4 rings (SSSR count). The number of carbonyl (C=O) groups excluding carboxylic acids is 1. The minimum absolute atomic E-state index is 0.0174. The number of benzene rings is 1. The number of amides is 1. The van der Waals surface area contributed by atoms with Crippen molar-refractivity contribution in [1.82, 2.24) is 13.9 Å². The molecule has 11 heteroatoms. The molecule has 0 radical (unpaired) electrons. The molecule has 2 aliphatic rings. The van der Waals surface area contributed by atoms with Crippen molar-refractivity contribution in [3.8, 4) is 0 Å². The third kappa shape index (κ3) is 3.38. The van der Waals surface area contributed by atoms with E-state index in [1.807, 2.05) is 0 Å². The van der Waals surface area contributed by atoms with Gasteiger partial charge in [-0.2, -0.15) is 4.31 Å². The van der Waals surface area contributed by atoms with Gasteiger partial charge in [0.25, 0.3) is 10.0 Å². The number of aryl methyl sites for hydroxylation is 2. The summed E-state index contributed by atoms with van der Waals surface area (Å²) in [5, 5.41) is -0.0174. The molecule has 0 spiro atoms. The second-order valence-electron chi connectivity index (χ2n) is 7.19. The summed E-state index contributed by atoms with van der Waals surface area (Å²) in [4.78, 5) is 17.7. The number of halogens is 2. The topological polar surface area (TPSA) is 84.7 Å². The second-order valence-corrected chi connectivity index (χ2v) is 9.08. The Bertz CT molecular complexity index is 1060. The molecule has 3 heterocycles. The van der Waals surface area contributed by atoms with Crippen LogP contribution >= 0.6 is 0 Å². The van der Waals surface area contributed by atoms with Crippen molar-refractivity contribution in [3.05, 3.63) is 41.4 Å². The molecule has 29 heavy (non-hydrogen) atoms. The normalized spacial score (nSPS) is 18.6. The van der Waals surface area contributed by atoms with E-state index in [-0.39, 0.29) is 36.5 Å². The van der Waals surface area contributed by atoms with Crippen LogP contribution < -0.4 is 4.90 Å². The van der Waals surface area contributed by atoms with E-state index < -0.39 is 27.8 Å². The minimum atomic E-state index is -3.75. The van der Waals surface area contributed by atoms with Crippen LogP contribution in [0.5, 0.6) is 0 Å². The molecule has 0 unspecified atom stereocenters. The summed E-state index contributed by atoms with van der Waals surface area (Å²) >= 11 is 0. The highest BCUT2D eigenvalue weighted by Gasteiger charge is 2.38. The molecule has 1 amide bonds. The van der Waals surface area contributed by atoms with Crippen LogP contribution in [0, 0.1) is 18.6 Å². The lowest BCUT2D eigenvalue weighted by Crippen LogP contribution is -2.50. The van der Waals surface area contributed by atoms with Gasteiger partial charge in [0.05, 0.1) is 5.69 Å². The number of hydrogen-bond donors (Lipinski definition) is 0. The van der Waals surface area contributed by atoms with Crippen LogP contribution in [-0.2, 0) is 28.4 Å². The molecule has 8 nitrogen and oxygen atoms in total. The molecule has 156 valence electrons. The SMILES string of the molecule is Cc1nc(S(=O)(=O)N2CCC(N3C(=O)OCc4cc(F)c(F)cc43)CC2)cn1C. The van der Waals surface area contributed by atoms with Gasteiger partial charge in [0.2, 0.25) is 0 Å². The van der Waals surface area contributed by atoms with E-state index in [9.17, 15) is 22.0 Å². The van der Waals surface area contributed by atoms with E-state index in [1.165, 1.54) is 15.4 Å². The first kappa shape index (κ1) is 19.8. The third-order valence-electron chi connectivity index (χ3n) is 5.41. The Labute approximate surface area is 166 Å². The maximum absolute atomic E-state index is 13.8. The lowest BCUT2D eigenvalue weighted by Gasteiger charge is -2.39. The Balaban J connectivity index is 1.54. The van der Waals surface area contributed by atoms with Gasteiger partial charge in [0, 0.05) is 44.0 Å². The Morgan fingerprint density at radius 1 is 1.17 bits per heavy atom. The van der Waals surface area contributed by atoms with Crippen LogP contribution in [0.25, 0.3) is 0 Å². The maximum Gasteiger partial charge on any atom is 0.414 e. The lowest BCUT2D eigenvalue weighted by atomic mass is 10.0. The van der Waals surface area contributed by atoms with Crippen LogP contribution in [0.1, 0.15) is 24.2 Å². The Kier molecular flexibility index (Phi) is 4.82. The van der Waals surface area contributed by atoms with Gasteiger partial charge >= 0.3 is 6.09 Å². The van der Waals surface area contributed by atoms with Crippen molar-refractivity contribution >= 4 is 21.8 Å². The van der Waals surface area contributed by atoms with Crippen molar-refractivity contribution in [2.75, 3.05) is 18.0 Å². The molecular weight excluding hydrogens is 406 g/mol. The molecule has 0 atom stereocenters. The average molecular weight is 426 g/mol. The molecule has 0 N–H and O–H groups in total. The standard InChI is InChI=1S/C18H20F2N4O4S/c1-11-21-17(9-22(11)2)29(26,27)23-5-3-13(4-6-23)24-16-8-15(20)14(19)7-12(16)10-28-18(24)25/h7-9,13H,3-6,10H2,1-2H3. The number of ether oxygens (including phenoxy) is 1. The summed E-state index contributed by atoms with van der Waals surface area (Å²) in [6, 6.07) is 1.63. The van der Waals surface area contributed by atoms with Crippen LogP contribution in [0.2, 0.25) is 0 Å².